The summed E-state index contributed by atoms with van der Waals surface area (Å²) in [6.45, 7) is 4.41. The molecule has 1 atom stereocenters. The molecule has 0 bridgehead atoms. The summed E-state index contributed by atoms with van der Waals surface area (Å²) in [6, 6.07) is 10.9. The maximum Gasteiger partial charge on any atom is 0.253 e. The molecular weight excluding hydrogens is 373 g/mol. The molecule has 3 heterocycles. The van der Waals surface area contributed by atoms with Gasteiger partial charge in [-0.2, -0.15) is 0 Å². The second-order valence-corrected chi connectivity index (χ2v) is 7.54. The predicted molar refractivity (Wildman–Crippen MR) is 110 cm³/mol. The number of halogens is 1. The first-order valence-corrected chi connectivity index (χ1v) is 9.79. The van der Waals surface area contributed by atoms with Crippen LogP contribution in [0, 0.1) is 5.82 Å². The SMILES string of the molecule is CN1c2cc(CN3CCOCC3)ccc2OC1Nc1nc2cc(F)ccc2n1C. The fraction of sp³-hybridized carbons (Fsp3) is 0.381. The smallest absolute Gasteiger partial charge is 0.253 e. The minimum absolute atomic E-state index is 0.295. The minimum Gasteiger partial charge on any atom is -0.450 e. The van der Waals surface area contributed by atoms with E-state index in [1.54, 1.807) is 6.07 Å². The number of nitrogens with one attached hydrogen (secondary N) is 1. The number of ether oxygens (including phenoxy) is 2. The predicted octanol–water partition coefficient (Wildman–Crippen LogP) is 2.77. The summed E-state index contributed by atoms with van der Waals surface area (Å²) in [5, 5.41) is 3.32. The molecular formula is C21H24FN5O2. The third kappa shape index (κ3) is 3.38. The summed E-state index contributed by atoms with van der Waals surface area (Å²) < 4.78 is 26.9. The van der Waals surface area contributed by atoms with Crippen LogP contribution < -0.4 is 15.0 Å². The van der Waals surface area contributed by atoms with Gasteiger partial charge in [0.05, 0.1) is 29.9 Å². The van der Waals surface area contributed by atoms with Crippen LogP contribution in [0.3, 0.4) is 0 Å². The largest absolute Gasteiger partial charge is 0.450 e. The number of nitrogens with zero attached hydrogens (tertiary/aromatic N) is 4. The molecule has 152 valence electrons. The first kappa shape index (κ1) is 18.2. The molecule has 2 aliphatic heterocycles. The van der Waals surface area contributed by atoms with Gasteiger partial charge in [0.15, 0.2) is 0 Å². The second-order valence-electron chi connectivity index (χ2n) is 7.54. The Hall–Kier alpha value is -2.84. The van der Waals surface area contributed by atoms with E-state index in [0.717, 1.165) is 49.8 Å². The number of hydrogen-bond acceptors (Lipinski definition) is 6. The summed E-state index contributed by atoms with van der Waals surface area (Å²) >= 11 is 0. The van der Waals surface area contributed by atoms with Crippen LogP contribution in [0.1, 0.15) is 5.56 Å². The average Bonchev–Trinajstić information content (AvgIpc) is 3.19. The Bertz CT molecular complexity index is 1050. The highest BCUT2D eigenvalue weighted by Gasteiger charge is 2.29. The van der Waals surface area contributed by atoms with Crippen LogP contribution >= 0.6 is 0 Å². The molecule has 1 fully saturated rings. The molecule has 7 nitrogen and oxygen atoms in total. The quantitative estimate of drug-likeness (QED) is 0.731. The lowest BCUT2D eigenvalue weighted by Crippen LogP contribution is -2.39. The molecule has 5 rings (SSSR count). The van der Waals surface area contributed by atoms with Gasteiger partial charge < -0.3 is 24.3 Å². The van der Waals surface area contributed by atoms with Gasteiger partial charge in [0.25, 0.3) is 6.35 Å². The number of aromatic nitrogens is 2. The zero-order valence-corrected chi connectivity index (χ0v) is 16.6. The number of fused-ring (bicyclic) bond motifs is 2. The van der Waals surface area contributed by atoms with E-state index in [1.165, 1.54) is 17.7 Å². The lowest BCUT2D eigenvalue weighted by molar-refractivity contribution is 0.0342. The van der Waals surface area contributed by atoms with Crippen molar-refractivity contribution in [2.45, 2.75) is 12.9 Å². The number of hydrogen-bond donors (Lipinski definition) is 1. The van der Waals surface area contributed by atoms with Crippen LogP contribution in [0.2, 0.25) is 0 Å². The molecule has 1 N–H and O–H groups in total. The van der Waals surface area contributed by atoms with Crippen molar-refractivity contribution >= 4 is 22.7 Å². The Morgan fingerprint density at radius 3 is 2.79 bits per heavy atom. The van der Waals surface area contributed by atoms with Crippen molar-refractivity contribution in [1.82, 2.24) is 14.5 Å². The maximum atomic E-state index is 13.5. The molecule has 3 aromatic rings. The Balaban J connectivity index is 1.34. The summed E-state index contributed by atoms with van der Waals surface area (Å²) in [5.41, 5.74) is 3.76. The highest BCUT2D eigenvalue weighted by atomic mass is 19.1. The van der Waals surface area contributed by atoms with Crippen LogP contribution in [-0.2, 0) is 18.3 Å². The Labute approximate surface area is 168 Å². The molecule has 2 aromatic carbocycles. The summed E-state index contributed by atoms with van der Waals surface area (Å²) in [6.07, 6.45) is -0.385. The fourth-order valence-corrected chi connectivity index (χ4v) is 3.92. The van der Waals surface area contributed by atoms with E-state index in [2.05, 4.69) is 32.2 Å². The third-order valence-electron chi connectivity index (χ3n) is 5.60. The van der Waals surface area contributed by atoms with Gasteiger partial charge in [-0.05, 0) is 29.8 Å². The van der Waals surface area contributed by atoms with Crippen molar-refractivity contribution in [3.63, 3.8) is 0 Å². The zero-order chi connectivity index (χ0) is 20.0. The molecule has 8 heteroatoms. The fourth-order valence-electron chi connectivity index (χ4n) is 3.92. The number of morpholine rings is 1. The van der Waals surface area contributed by atoms with Crippen molar-refractivity contribution in [3.8, 4) is 5.75 Å². The summed E-state index contributed by atoms with van der Waals surface area (Å²) in [5.74, 6) is 1.17. The van der Waals surface area contributed by atoms with Crippen molar-refractivity contribution < 1.29 is 13.9 Å². The van der Waals surface area contributed by atoms with E-state index >= 15 is 0 Å². The summed E-state index contributed by atoms with van der Waals surface area (Å²) in [7, 11) is 3.89. The Kier molecular flexibility index (Phi) is 4.52. The van der Waals surface area contributed by atoms with Gasteiger partial charge in [-0.25, -0.2) is 9.37 Å². The molecule has 2 aliphatic rings. The zero-order valence-electron chi connectivity index (χ0n) is 16.6. The lowest BCUT2D eigenvalue weighted by atomic mass is 10.1. The van der Waals surface area contributed by atoms with Gasteiger partial charge in [-0.15, -0.1) is 0 Å². The number of imidazole rings is 1. The van der Waals surface area contributed by atoms with Crippen LogP contribution in [-0.4, -0.2) is 54.2 Å². The normalized spacial score (nSPS) is 19.4. The molecule has 0 spiro atoms. The highest BCUT2D eigenvalue weighted by molar-refractivity contribution is 5.78. The lowest BCUT2D eigenvalue weighted by Gasteiger charge is -2.26. The minimum atomic E-state index is -0.385. The topological polar surface area (TPSA) is 54.8 Å². The molecule has 0 amide bonds. The van der Waals surface area contributed by atoms with Crippen molar-refractivity contribution in [1.29, 1.82) is 0 Å². The van der Waals surface area contributed by atoms with Gasteiger partial charge in [0.1, 0.15) is 11.6 Å². The van der Waals surface area contributed by atoms with E-state index in [9.17, 15) is 4.39 Å². The number of rotatable bonds is 4. The van der Waals surface area contributed by atoms with Gasteiger partial charge in [0, 0.05) is 39.8 Å². The monoisotopic (exact) mass is 397 g/mol. The Morgan fingerprint density at radius 1 is 1.14 bits per heavy atom. The first-order chi connectivity index (χ1) is 14.1. The molecule has 1 aromatic heterocycles. The Morgan fingerprint density at radius 2 is 1.97 bits per heavy atom. The molecule has 0 radical (unpaired) electrons. The van der Waals surface area contributed by atoms with E-state index in [1.807, 2.05) is 24.7 Å². The highest BCUT2D eigenvalue weighted by Crippen LogP contribution is 2.37. The van der Waals surface area contributed by atoms with Crippen molar-refractivity contribution in [2.75, 3.05) is 43.6 Å². The van der Waals surface area contributed by atoms with Crippen LogP contribution in [0.15, 0.2) is 36.4 Å². The van der Waals surface area contributed by atoms with Crippen molar-refractivity contribution in [3.05, 3.63) is 47.8 Å². The van der Waals surface area contributed by atoms with Gasteiger partial charge in [-0.3, -0.25) is 4.90 Å². The first-order valence-electron chi connectivity index (χ1n) is 9.79. The second kappa shape index (κ2) is 7.20. The molecule has 0 saturated carbocycles. The van der Waals surface area contributed by atoms with Gasteiger partial charge in [0.2, 0.25) is 5.95 Å². The maximum absolute atomic E-state index is 13.5. The summed E-state index contributed by atoms with van der Waals surface area (Å²) in [4.78, 5) is 8.97. The van der Waals surface area contributed by atoms with Crippen LogP contribution in [0.25, 0.3) is 11.0 Å². The third-order valence-corrected chi connectivity index (χ3v) is 5.60. The van der Waals surface area contributed by atoms with Crippen LogP contribution in [0.4, 0.5) is 16.0 Å². The molecule has 1 saturated heterocycles. The average molecular weight is 397 g/mol. The van der Waals surface area contributed by atoms with E-state index in [4.69, 9.17) is 9.47 Å². The van der Waals surface area contributed by atoms with E-state index in [-0.39, 0.29) is 12.2 Å². The van der Waals surface area contributed by atoms with E-state index < -0.39 is 0 Å². The van der Waals surface area contributed by atoms with Crippen LogP contribution in [0.5, 0.6) is 5.75 Å². The molecule has 1 unspecified atom stereocenters. The number of aryl methyl sites for hydroxylation is 1. The number of anilines is 2. The molecule has 0 aliphatic carbocycles. The van der Waals surface area contributed by atoms with E-state index in [0.29, 0.717) is 11.5 Å². The number of benzene rings is 2. The standard InChI is InChI=1S/C21H24FN5O2/c1-25-17-5-4-15(22)12-16(17)23-20(25)24-21-26(2)18-11-14(3-6-19(18)29-21)13-27-7-9-28-10-8-27/h3-6,11-12,21H,7-10,13H2,1-2H3,(H,23,24). The van der Waals surface area contributed by atoms with Crippen molar-refractivity contribution in [2.24, 2.45) is 7.05 Å². The van der Waals surface area contributed by atoms with Gasteiger partial charge >= 0.3 is 0 Å². The molecule has 29 heavy (non-hydrogen) atoms. The van der Waals surface area contributed by atoms with Gasteiger partial charge in [-0.1, -0.05) is 6.07 Å².